The van der Waals surface area contributed by atoms with Gasteiger partial charge >= 0.3 is 0 Å². The van der Waals surface area contributed by atoms with Crippen LogP contribution in [-0.4, -0.2) is 51.6 Å². The Hall–Kier alpha value is -0.200. The summed E-state index contributed by atoms with van der Waals surface area (Å²) in [6.07, 6.45) is -4.11. The van der Waals surface area contributed by atoms with Crippen LogP contribution in [0.25, 0.3) is 0 Å². The maximum absolute atomic E-state index is 9.11. The first-order valence-electron chi connectivity index (χ1n) is 3.45. The van der Waals surface area contributed by atoms with E-state index in [-0.39, 0.29) is 6.42 Å². The van der Waals surface area contributed by atoms with Gasteiger partial charge in [-0.25, -0.2) is 0 Å². The second kappa shape index (κ2) is 3.46. The van der Waals surface area contributed by atoms with Crippen molar-refractivity contribution in [1.82, 2.24) is 0 Å². The van der Waals surface area contributed by atoms with Gasteiger partial charge in [-0.05, 0) is 0 Å². The van der Waals surface area contributed by atoms with E-state index in [9.17, 15) is 0 Å². The highest BCUT2D eigenvalue weighted by molar-refractivity contribution is 4.81. The van der Waals surface area contributed by atoms with Crippen molar-refractivity contribution in [3.63, 3.8) is 0 Å². The molecule has 0 amide bonds. The fourth-order valence-corrected chi connectivity index (χ4v) is 1.08. The third kappa shape index (κ3) is 1.88. The maximum atomic E-state index is 9.11. The molecule has 1 fully saturated rings. The maximum Gasteiger partial charge on any atom is 0.157 e. The molecule has 0 aromatic carbocycles. The van der Waals surface area contributed by atoms with Crippen molar-refractivity contribution in [3.05, 3.63) is 0 Å². The van der Waals surface area contributed by atoms with Crippen LogP contribution in [-0.2, 0) is 4.74 Å². The summed E-state index contributed by atoms with van der Waals surface area (Å²) in [6.45, 7) is -0.407. The Morgan fingerprint density at radius 2 is 1.91 bits per heavy atom. The normalized spacial score (nSPS) is 45.8. The molecule has 5 nitrogen and oxygen atoms in total. The van der Waals surface area contributed by atoms with Crippen molar-refractivity contribution < 1.29 is 25.2 Å². The SMILES string of the molecule is OCC1O[C@@H](O)C[C@@H](O)C1O. The summed E-state index contributed by atoms with van der Waals surface area (Å²) in [4.78, 5) is 0. The first kappa shape index (κ1) is 8.89. The predicted octanol–water partition coefficient (Wildman–Crippen LogP) is -2.19. The lowest BCUT2D eigenvalue weighted by atomic mass is 10.0. The molecule has 0 radical (unpaired) electrons. The first-order chi connectivity index (χ1) is 5.15. The molecule has 2 unspecified atom stereocenters. The molecule has 1 aliphatic rings. The van der Waals surface area contributed by atoms with Crippen LogP contribution in [0.1, 0.15) is 6.42 Å². The van der Waals surface area contributed by atoms with Gasteiger partial charge in [0, 0.05) is 6.42 Å². The third-order valence-electron chi connectivity index (χ3n) is 1.73. The second-order valence-corrected chi connectivity index (χ2v) is 2.61. The summed E-state index contributed by atoms with van der Waals surface area (Å²) in [5.74, 6) is 0. The van der Waals surface area contributed by atoms with Crippen LogP contribution in [0.4, 0.5) is 0 Å². The Balaban J connectivity index is 2.51. The number of hydrogen-bond acceptors (Lipinski definition) is 5. The monoisotopic (exact) mass is 164 g/mol. The summed E-state index contributed by atoms with van der Waals surface area (Å²) < 4.78 is 4.71. The Morgan fingerprint density at radius 3 is 2.45 bits per heavy atom. The van der Waals surface area contributed by atoms with Gasteiger partial charge in [0.15, 0.2) is 6.29 Å². The average molecular weight is 164 g/mol. The Morgan fingerprint density at radius 1 is 1.27 bits per heavy atom. The van der Waals surface area contributed by atoms with Crippen LogP contribution in [0, 0.1) is 0 Å². The van der Waals surface area contributed by atoms with E-state index in [0.29, 0.717) is 0 Å². The zero-order chi connectivity index (χ0) is 8.43. The number of ether oxygens (including phenoxy) is 1. The average Bonchev–Trinajstić information content (AvgIpc) is 1.96. The first-order valence-corrected chi connectivity index (χ1v) is 3.45. The van der Waals surface area contributed by atoms with Crippen molar-refractivity contribution in [2.45, 2.75) is 31.0 Å². The molecule has 1 aliphatic heterocycles. The zero-order valence-corrected chi connectivity index (χ0v) is 5.92. The van der Waals surface area contributed by atoms with Crippen molar-refractivity contribution in [2.75, 3.05) is 6.61 Å². The third-order valence-corrected chi connectivity index (χ3v) is 1.73. The molecule has 1 heterocycles. The second-order valence-electron chi connectivity index (χ2n) is 2.61. The van der Waals surface area contributed by atoms with Gasteiger partial charge < -0.3 is 25.2 Å². The number of hydrogen-bond donors (Lipinski definition) is 4. The zero-order valence-electron chi connectivity index (χ0n) is 5.92. The minimum atomic E-state index is -1.11. The molecule has 0 saturated carbocycles. The fourth-order valence-electron chi connectivity index (χ4n) is 1.08. The molecule has 0 bridgehead atoms. The molecule has 0 aliphatic carbocycles. The van der Waals surface area contributed by atoms with Gasteiger partial charge in [0.2, 0.25) is 0 Å². The van der Waals surface area contributed by atoms with E-state index in [4.69, 9.17) is 25.2 Å². The van der Waals surface area contributed by atoms with E-state index in [0.717, 1.165) is 0 Å². The highest BCUT2D eigenvalue weighted by Crippen LogP contribution is 2.18. The molecule has 4 N–H and O–H groups in total. The van der Waals surface area contributed by atoms with Gasteiger partial charge in [0.1, 0.15) is 12.2 Å². The van der Waals surface area contributed by atoms with E-state index in [1.807, 2.05) is 0 Å². The standard InChI is InChI=1S/C6H12O5/c7-2-4-6(10)3(8)1-5(9)11-4/h3-10H,1-2H2/t3-,4?,5-,6?/m1/s1. The summed E-state index contributed by atoms with van der Waals surface area (Å²) in [5, 5.41) is 35.6. The van der Waals surface area contributed by atoms with Crippen molar-refractivity contribution in [2.24, 2.45) is 0 Å². The van der Waals surface area contributed by atoms with Crippen molar-refractivity contribution >= 4 is 0 Å². The Bertz CT molecular complexity index is 128. The van der Waals surface area contributed by atoms with Crippen LogP contribution in [0.2, 0.25) is 0 Å². The number of aliphatic hydroxyl groups excluding tert-OH is 4. The molecule has 0 aromatic heterocycles. The predicted molar refractivity (Wildman–Crippen MR) is 34.6 cm³/mol. The van der Waals surface area contributed by atoms with E-state index in [1.54, 1.807) is 0 Å². The summed E-state index contributed by atoms with van der Waals surface area (Å²) in [6, 6.07) is 0. The topological polar surface area (TPSA) is 90.2 Å². The van der Waals surface area contributed by atoms with E-state index in [1.165, 1.54) is 0 Å². The largest absolute Gasteiger partial charge is 0.394 e. The molecule has 0 spiro atoms. The Labute approximate surface area is 63.8 Å². The number of rotatable bonds is 1. The highest BCUT2D eigenvalue weighted by Gasteiger charge is 2.35. The molecule has 1 saturated heterocycles. The molecule has 5 heteroatoms. The van der Waals surface area contributed by atoms with Gasteiger partial charge in [-0.2, -0.15) is 0 Å². The quantitative estimate of drug-likeness (QED) is 0.353. The molecular weight excluding hydrogens is 152 g/mol. The summed E-state index contributed by atoms with van der Waals surface area (Å²) >= 11 is 0. The lowest BCUT2D eigenvalue weighted by Gasteiger charge is -2.33. The summed E-state index contributed by atoms with van der Waals surface area (Å²) in [5.41, 5.74) is 0. The molecule has 4 atom stereocenters. The van der Waals surface area contributed by atoms with E-state index >= 15 is 0 Å². The minimum Gasteiger partial charge on any atom is -0.394 e. The summed E-state index contributed by atoms with van der Waals surface area (Å²) in [7, 11) is 0. The fraction of sp³-hybridized carbons (Fsp3) is 1.00. The smallest absolute Gasteiger partial charge is 0.157 e. The molecule has 1 rings (SSSR count). The minimum absolute atomic E-state index is 0.0162. The lowest BCUT2D eigenvalue weighted by Crippen LogP contribution is -2.49. The van der Waals surface area contributed by atoms with Crippen molar-refractivity contribution in [3.8, 4) is 0 Å². The van der Waals surface area contributed by atoms with Gasteiger partial charge in [0.05, 0.1) is 12.7 Å². The molecular formula is C6H12O5. The van der Waals surface area contributed by atoms with Gasteiger partial charge in [0.25, 0.3) is 0 Å². The number of aliphatic hydroxyl groups is 4. The van der Waals surface area contributed by atoms with E-state index < -0.39 is 31.2 Å². The molecule has 11 heavy (non-hydrogen) atoms. The lowest BCUT2D eigenvalue weighted by molar-refractivity contribution is -0.239. The van der Waals surface area contributed by atoms with Crippen LogP contribution in [0.3, 0.4) is 0 Å². The van der Waals surface area contributed by atoms with Crippen LogP contribution in [0.15, 0.2) is 0 Å². The van der Waals surface area contributed by atoms with Crippen LogP contribution < -0.4 is 0 Å². The van der Waals surface area contributed by atoms with E-state index in [2.05, 4.69) is 0 Å². The molecule has 0 aromatic rings. The van der Waals surface area contributed by atoms with Crippen molar-refractivity contribution in [1.29, 1.82) is 0 Å². The Kier molecular flexibility index (Phi) is 2.80. The van der Waals surface area contributed by atoms with Gasteiger partial charge in [-0.15, -0.1) is 0 Å². The highest BCUT2D eigenvalue weighted by atomic mass is 16.6. The molecule has 66 valence electrons. The van der Waals surface area contributed by atoms with Crippen LogP contribution >= 0.6 is 0 Å². The van der Waals surface area contributed by atoms with Gasteiger partial charge in [-0.1, -0.05) is 0 Å². The van der Waals surface area contributed by atoms with Crippen LogP contribution in [0.5, 0.6) is 0 Å². The van der Waals surface area contributed by atoms with Gasteiger partial charge in [-0.3, -0.25) is 0 Å².